The summed E-state index contributed by atoms with van der Waals surface area (Å²) in [5, 5.41) is 15.6. The molecule has 7 nitrogen and oxygen atoms in total. The molecular formula is C18H15N3O4. The van der Waals surface area contributed by atoms with Crippen LogP contribution in [0.4, 0.5) is 11.4 Å². The number of nitro groups is 1. The fourth-order valence-corrected chi connectivity index (χ4v) is 4.78. The third-order valence-electron chi connectivity index (χ3n) is 5.80. The maximum absolute atomic E-state index is 13.0. The largest absolute Gasteiger partial charge is 0.310 e. The van der Waals surface area contributed by atoms with Gasteiger partial charge in [-0.1, -0.05) is 18.2 Å². The number of nitrogens with one attached hydrogen (secondary N) is 1. The lowest BCUT2D eigenvalue weighted by atomic mass is 9.81. The molecule has 3 fully saturated rings. The Morgan fingerprint density at radius 3 is 2.16 bits per heavy atom. The first-order chi connectivity index (χ1) is 12.1. The summed E-state index contributed by atoms with van der Waals surface area (Å²) in [6.07, 6.45) is 1.83. The van der Waals surface area contributed by atoms with Crippen molar-refractivity contribution >= 4 is 34.0 Å². The van der Waals surface area contributed by atoms with Crippen molar-refractivity contribution in [3.8, 4) is 0 Å². The van der Waals surface area contributed by atoms with Crippen molar-refractivity contribution < 1.29 is 14.5 Å². The van der Waals surface area contributed by atoms with Crippen LogP contribution in [0.1, 0.15) is 12.8 Å². The van der Waals surface area contributed by atoms with E-state index in [1.165, 1.54) is 17.0 Å². The molecule has 3 aliphatic heterocycles. The van der Waals surface area contributed by atoms with E-state index in [-0.39, 0.29) is 41.4 Å². The highest BCUT2D eigenvalue weighted by atomic mass is 16.6. The van der Waals surface area contributed by atoms with Crippen LogP contribution in [0.5, 0.6) is 0 Å². The van der Waals surface area contributed by atoms with Crippen LogP contribution in [-0.2, 0) is 9.59 Å². The Bertz CT molecular complexity index is 928. The monoisotopic (exact) mass is 337 g/mol. The molecular weight excluding hydrogens is 322 g/mol. The van der Waals surface area contributed by atoms with E-state index >= 15 is 0 Å². The van der Waals surface area contributed by atoms with Crippen LogP contribution >= 0.6 is 0 Å². The topological polar surface area (TPSA) is 92.6 Å². The molecule has 0 aliphatic carbocycles. The zero-order chi connectivity index (χ0) is 17.3. The lowest BCUT2D eigenvalue weighted by Crippen LogP contribution is -2.38. The Morgan fingerprint density at radius 1 is 0.960 bits per heavy atom. The average Bonchev–Trinajstić information content (AvgIpc) is 3.28. The second-order valence-corrected chi connectivity index (χ2v) is 6.93. The van der Waals surface area contributed by atoms with Crippen LogP contribution in [0.25, 0.3) is 10.8 Å². The molecule has 126 valence electrons. The molecule has 0 saturated carbocycles. The standard InChI is InChI=1S/C18H15N3O4/c22-17-15-11-5-6-12(19-11)16(15)18(23)20(17)13-7-8-14(21(24)25)10-4-2-1-3-9(10)13/h1-4,7-8,11-12,15-16,19H,5-6H2. The number of hydrogen-bond donors (Lipinski definition) is 1. The van der Waals surface area contributed by atoms with Crippen LogP contribution in [0, 0.1) is 22.0 Å². The van der Waals surface area contributed by atoms with Gasteiger partial charge in [-0.2, -0.15) is 0 Å². The van der Waals surface area contributed by atoms with Gasteiger partial charge >= 0.3 is 0 Å². The number of benzene rings is 2. The summed E-state index contributed by atoms with van der Waals surface area (Å²) in [5.41, 5.74) is 0.422. The van der Waals surface area contributed by atoms with E-state index in [4.69, 9.17) is 0 Å². The summed E-state index contributed by atoms with van der Waals surface area (Å²) < 4.78 is 0. The number of non-ortho nitro benzene ring substituents is 1. The highest BCUT2D eigenvalue weighted by Crippen LogP contribution is 2.47. The fourth-order valence-electron chi connectivity index (χ4n) is 4.78. The fraction of sp³-hybridized carbons (Fsp3) is 0.333. The van der Waals surface area contributed by atoms with E-state index in [1.54, 1.807) is 24.3 Å². The van der Waals surface area contributed by atoms with E-state index in [2.05, 4.69) is 5.32 Å². The molecule has 7 heteroatoms. The van der Waals surface area contributed by atoms with Crippen molar-refractivity contribution in [3.05, 3.63) is 46.5 Å². The summed E-state index contributed by atoms with van der Waals surface area (Å²) in [6, 6.07) is 9.87. The van der Waals surface area contributed by atoms with E-state index < -0.39 is 4.92 Å². The Hall–Kier alpha value is -2.80. The molecule has 0 spiro atoms. The van der Waals surface area contributed by atoms with Crippen molar-refractivity contribution in [1.82, 2.24) is 5.32 Å². The Morgan fingerprint density at radius 2 is 1.56 bits per heavy atom. The zero-order valence-electron chi connectivity index (χ0n) is 13.2. The number of anilines is 1. The molecule has 4 unspecified atom stereocenters. The third kappa shape index (κ3) is 1.78. The summed E-state index contributed by atoms with van der Waals surface area (Å²) in [4.78, 5) is 38.1. The predicted octanol–water partition coefficient (Wildman–Crippen LogP) is 1.99. The van der Waals surface area contributed by atoms with Crippen molar-refractivity contribution in [3.63, 3.8) is 0 Å². The summed E-state index contributed by atoms with van der Waals surface area (Å²) in [6.45, 7) is 0. The molecule has 1 N–H and O–H groups in total. The van der Waals surface area contributed by atoms with Crippen molar-refractivity contribution in [2.45, 2.75) is 24.9 Å². The minimum atomic E-state index is -0.446. The minimum absolute atomic E-state index is 0.0274. The van der Waals surface area contributed by atoms with Gasteiger partial charge in [0.05, 0.1) is 27.8 Å². The Labute approximate surface area is 142 Å². The molecule has 5 rings (SSSR count). The number of amides is 2. The molecule has 25 heavy (non-hydrogen) atoms. The SMILES string of the molecule is O=C1C2C3CCC(N3)C2C(=O)N1c1ccc([N+](=O)[O-])c2ccccc12. The molecule has 4 atom stereocenters. The quantitative estimate of drug-likeness (QED) is 0.514. The van der Waals surface area contributed by atoms with Crippen molar-refractivity contribution in [2.24, 2.45) is 11.8 Å². The molecule has 3 saturated heterocycles. The van der Waals surface area contributed by atoms with E-state index in [9.17, 15) is 19.7 Å². The number of imide groups is 1. The van der Waals surface area contributed by atoms with Crippen LogP contribution in [-0.4, -0.2) is 28.8 Å². The number of carbonyl (C=O) groups is 2. The summed E-state index contributed by atoms with van der Waals surface area (Å²) >= 11 is 0. The molecule has 3 heterocycles. The lowest BCUT2D eigenvalue weighted by molar-refractivity contribution is -0.383. The molecule has 0 radical (unpaired) electrons. The van der Waals surface area contributed by atoms with Crippen LogP contribution < -0.4 is 10.2 Å². The highest BCUT2D eigenvalue weighted by Gasteiger charge is 2.61. The van der Waals surface area contributed by atoms with Crippen molar-refractivity contribution in [1.29, 1.82) is 0 Å². The third-order valence-corrected chi connectivity index (χ3v) is 5.80. The van der Waals surface area contributed by atoms with Gasteiger partial charge in [0.15, 0.2) is 0 Å². The van der Waals surface area contributed by atoms with Gasteiger partial charge < -0.3 is 5.32 Å². The second kappa shape index (κ2) is 4.86. The van der Waals surface area contributed by atoms with Gasteiger partial charge in [0.1, 0.15) is 0 Å². The first-order valence-corrected chi connectivity index (χ1v) is 8.38. The molecule has 0 aromatic heterocycles. The maximum Gasteiger partial charge on any atom is 0.277 e. The van der Waals surface area contributed by atoms with Gasteiger partial charge in [-0.25, -0.2) is 4.90 Å². The van der Waals surface area contributed by atoms with Crippen LogP contribution in [0.15, 0.2) is 36.4 Å². The van der Waals surface area contributed by atoms with Crippen LogP contribution in [0.3, 0.4) is 0 Å². The highest BCUT2D eigenvalue weighted by molar-refractivity contribution is 6.26. The first-order valence-electron chi connectivity index (χ1n) is 8.38. The molecule has 3 aliphatic rings. The predicted molar refractivity (Wildman–Crippen MR) is 90.0 cm³/mol. The van der Waals surface area contributed by atoms with Gasteiger partial charge in [-0.3, -0.25) is 19.7 Å². The van der Waals surface area contributed by atoms with Gasteiger partial charge in [-0.05, 0) is 25.0 Å². The van der Waals surface area contributed by atoms with Gasteiger partial charge in [-0.15, -0.1) is 0 Å². The summed E-state index contributed by atoms with van der Waals surface area (Å²) in [5.74, 6) is -0.983. The minimum Gasteiger partial charge on any atom is -0.310 e. The molecule has 2 bridgehead atoms. The number of hydrogen-bond acceptors (Lipinski definition) is 5. The molecule has 2 amide bonds. The van der Waals surface area contributed by atoms with Gasteiger partial charge in [0.2, 0.25) is 11.8 Å². The second-order valence-electron chi connectivity index (χ2n) is 6.93. The van der Waals surface area contributed by atoms with E-state index in [1.807, 2.05) is 0 Å². The van der Waals surface area contributed by atoms with Crippen molar-refractivity contribution in [2.75, 3.05) is 4.90 Å². The Balaban J connectivity index is 1.67. The van der Waals surface area contributed by atoms with E-state index in [0.29, 0.717) is 16.5 Å². The van der Waals surface area contributed by atoms with Gasteiger partial charge in [0, 0.05) is 23.5 Å². The smallest absolute Gasteiger partial charge is 0.277 e. The molecule has 2 aromatic carbocycles. The normalized spacial score (nSPS) is 30.3. The van der Waals surface area contributed by atoms with E-state index in [0.717, 1.165) is 12.8 Å². The summed E-state index contributed by atoms with van der Waals surface area (Å²) in [7, 11) is 0. The molecule has 2 aromatic rings. The number of nitrogens with zero attached hydrogens (tertiary/aromatic N) is 2. The average molecular weight is 337 g/mol. The number of rotatable bonds is 2. The number of carbonyl (C=O) groups excluding carboxylic acids is 2. The lowest BCUT2D eigenvalue weighted by Gasteiger charge is -2.19. The number of nitro benzene ring substituents is 1. The zero-order valence-corrected chi connectivity index (χ0v) is 13.2. The Kier molecular flexibility index (Phi) is 2.82. The first kappa shape index (κ1) is 14.5. The maximum atomic E-state index is 13.0. The number of fused-ring (bicyclic) bond motifs is 6. The van der Waals surface area contributed by atoms with Crippen LogP contribution in [0.2, 0.25) is 0 Å². The van der Waals surface area contributed by atoms with Gasteiger partial charge in [0.25, 0.3) is 5.69 Å².